The highest BCUT2D eigenvalue weighted by Crippen LogP contribution is 2.28. The minimum absolute atomic E-state index is 0. The fourth-order valence-electron chi connectivity index (χ4n) is 2.98. The second kappa shape index (κ2) is 11.9. The molecule has 3 N–H and O–H groups in total. The molecule has 0 aromatic rings. The minimum atomic E-state index is 0. The molecule has 2 rings (SSSR count). The first-order valence-corrected chi connectivity index (χ1v) is 9.24. The zero-order chi connectivity index (χ0) is 16.5. The number of carbonyl (C=O) groups is 1. The Hall–Kier alpha value is -0.570. The Morgan fingerprint density at radius 1 is 1.12 bits per heavy atom. The van der Waals surface area contributed by atoms with Crippen LogP contribution in [-0.2, 0) is 4.79 Å². The van der Waals surface area contributed by atoms with Gasteiger partial charge in [-0.25, -0.2) is 0 Å². The van der Waals surface area contributed by atoms with Crippen LogP contribution in [0, 0.1) is 5.92 Å². The maximum Gasteiger partial charge on any atom is 0.223 e. The molecule has 7 heteroatoms. The van der Waals surface area contributed by atoms with E-state index >= 15 is 0 Å². The van der Waals surface area contributed by atoms with E-state index in [0.717, 1.165) is 38.4 Å². The van der Waals surface area contributed by atoms with Crippen LogP contribution in [0.4, 0.5) is 0 Å². The van der Waals surface area contributed by atoms with Gasteiger partial charge >= 0.3 is 0 Å². The lowest BCUT2D eigenvalue weighted by atomic mass is 10.0. The van der Waals surface area contributed by atoms with Crippen molar-refractivity contribution < 1.29 is 4.79 Å². The van der Waals surface area contributed by atoms with E-state index in [2.05, 4.69) is 39.7 Å². The van der Waals surface area contributed by atoms with Crippen LogP contribution >= 0.6 is 24.0 Å². The zero-order valence-corrected chi connectivity index (χ0v) is 17.5. The van der Waals surface area contributed by atoms with Crippen LogP contribution in [0.3, 0.4) is 0 Å². The van der Waals surface area contributed by atoms with Gasteiger partial charge in [0.25, 0.3) is 0 Å². The van der Waals surface area contributed by atoms with Gasteiger partial charge in [-0.05, 0) is 46.1 Å². The van der Waals surface area contributed by atoms with Gasteiger partial charge in [0.15, 0.2) is 5.96 Å². The summed E-state index contributed by atoms with van der Waals surface area (Å²) in [6.45, 7) is 9.64. The molecule has 1 amide bonds. The number of guanidine groups is 1. The molecule has 24 heavy (non-hydrogen) atoms. The highest BCUT2D eigenvalue weighted by molar-refractivity contribution is 14.0. The summed E-state index contributed by atoms with van der Waals surface area (Å²) in [6.07, 6.45) is 6.09. The van der Waals surface area contributed by atoms with E-state index in [-0.39, 0.29) is 35.8 Å². The average molecular weight is 451 g/mol. The summed E-state index contributed by atoms with van der Waals surface area (Å²) in [6, 6.07) is 0.687. The third-order valence-corrected chi connectivity index (χ3v) is 4.61. The normalized spacial score (nSPS) is 21.8. The van der Waals surface area contributed by atoms with Crippen molar-refractivity contribution in [1.82, 2.24) is 20.9 Å². The fraction of sp³-hybridized carbons (Fsp3) is 0.882. The number of carbonyl (C=O) groups excluding carboxylic acids is 1. The first-order valence-electron chi connectivity index (χ1n) is 9.24. The lowest BCUT2D eigenvalue weighted by molar-refractivity contribution is -0.122. The topological polar surface area (TPSA) is 68.8 Å². The number of aliphatic imine (C=N–C) groups is 1. The molecule has 2 aliphatic rings. The first-order chi connectivity index (χ1) is 11.2. The van der Waals surface area contributed by atoms with E-state index in [1.807, 2.05) is 0 Å². The third kappa shape index (κ3) is 8.00. The Labute approximate surface area is 163 Å². The van der Waals surface area contributed by atoms with Gasteiger partial charge < -0.3 is 16.0 Å². The molecule has 1 aliphatic heterocycles. The standard InChI is InChI=1S/C17H33N5O.HI/c1-3-18-17(20-10-9-19-16(23)15-7-8-15)21-11-13-22-12-5-4-6-14(22)2;/h14-15H,3-13H2,1-2H3,(H,19,23)(H2,18,20,21);1H. The number of nitrogens with zero attached hydrogens (tertiary/aromatic N) is 2. The molecule has 0 radical (unpaired) electrons. The number of likely N-dealkylation sites (tertiary alicyclic amines) is 1. The summed E-state index contributed by atoms with van der Waals surface area (Å²) in [4.78, 5) is 18.7. The van der Waals surface area contributed by atoms with Gasteiger partial charge in [-0.2, -0.15) is 0 Å². The van der Waals surface area contributed by atoms with Crippen molar-refractivity contribution >= 4 is 35.8 Å². The highest BCUT2D eigenvalue weighted by Gasteiger charge is 2.28. The number of halogens is 1. The molecule has 6 nitrogen and oxygen atoms in total. The third-order valence-electron chi connectivity index (χ3n) is 4.61. The van der Waals surface area contributed by atoms with Gasteiger partial charge in [0, 0.05) is 38.1 Å². The summed E-state index contributed by atoms with van der Waals surface area (Å²) in [5, 5.41) is 9.52. The lowest BCUT2D eigenvalue weighted by Gasteiger charge is -2.32. The zero-order valence-electron chi connectivity index (χ0n) is 15.1. The smallest absolute Gasteiger partial charge is 0.223 e. The van der Waals surface area contributed by atoms with Gasteiger partial charge in [0.05, 0.1) is 6.54 Å². The average Bonchev–Trinajstić information content (AvgIpc) is 3.38. The van der Waals surface area contributed by atoms with Crippen LogP contribution in [0.25, 0.3) is 0 Å². The molecule has 1 saturated carbocycles. The summed E-state index contributed by atoms with van der Waals surface area (Å²) < 4.78 is 0. The Bertz CT molecular complexity index is 400. The van der Waals surface area contributed by atoms with Gasteiger partial charge in [0.1, 0.15) is 0 Å². The molecule has 1 unspecified atom stereocenters. The second-order valence-electron chi connectivity index (χ2n) is 6.63. The summed E-state index contributed by atoms with van der Waals surface area (Å²) in [5.74, 6) is 1.33. The largest absolute Gasteiger partial charge is 0.357 e. The monoisotopic (exact) mass is 451 g/mol. The maximum absolute atomic E-state index is 11.6. The maximum atomic E-state index is 11.6. The summed E-state index contributed by atoms with van der Waals surface area (Å²) >= 11 is 0. The van der Waals surface area contributed by atoms with Crippen LogP contribution in [0.15, 0.2) is 4.99 Å². The van der Waals surface area contributed by atoms with Crippen molar-refractivity contribution in [2.45, 2.75) is 52.0 Å². The number of amides is 1. The molecule has 1 saturated heterocycles. The van der Waals surface area contributed by atoms with Crippen LogP contribution in [0.1, 0.15) is 46.0 Å². The van der Waals surface area contributed by atoms with E-state index in [1.54, 1.807) is 0 Å². The Morgan fingerprint density at radius 3 is 2.54 bits per heavy atom. The predicted octanol–water partition coefficient (Wildman–Crippen LogP) is 1.56. The van der Waals surface area contributed by atoms with Gasteiger partial charge in [-0.3, -0.25) is 14.7 Å². The van der Waals surface area contributed by atoms with E-state index in [9.17, 15) is 4.79 Å². The molecule has 140 valence electrons. The van der Waals surface area contributed by atoms with E-state index in [0.29, 0.717) is 19.1 Å². The van der Waals surface area contributed by atoms with Crippen molar-refractivity contribution in [1.29, 1.82) is 0 Å². The summed E-state index contributed by atoms with van der Waals surface area (Å²) in [7, 11) is 0. The molecule has 0 aromatic carbocycles. The van der Waals surface area contributed by atoms with E-state index < -0.39 is 0 Å². The first kappa shape index (κ1) is 21.5. The van der Waals surface area contributed by atoms with Crippen LogP contribution in [0.5, 0.6) is 0 Å². The molecule has 0 spiro atoms. The van der Waals surface area contributed by atoms with Crippen LogP contribution in [-0.4, -0.2) is 62.1 Å². The SMILES string of the molecule is CCNC(=NCCN1CCCCC1C)NCCNC(=O)C1CC1.I. The molecular weight excluding hydrogens is 417 g/mol. The van der Waals surface area contributed by atoms with Crippen molar-refractivity contribution in [2.75, 3.05) is 39.3 Å². The minimum Gasteiger partial charge on any atom is -0.357 e. The molecular formula is C17H34IN5O. The highest BCUT2D eigenvalue weighted by atomic mass is 127. The molecule has 0 bridgehead atoms. The number of hydrogen-bond acceptors (Lipinski definition) is 3. The van der Waals surface area contributed by atoms with Gasteiger partial charge in [-0.1, -0.05) is 6.42 Å². The molecule has 0 aromatic heterocycles. The van der Waals surface area contributed by atoms with Crippen molar-refractivity contribution in [3.63, 3.8) is 0 Å². The molecule has 1 atom stereocenters. The van der Waals surface area contributed by atoms with E-state index in [4.69, 9.17) is 0 Å². The molecule has 1 aliphatic carbocycles. The quantitative estimate of drug-likeness (QED) is 0.227. The predicted molar refractivity (Wildman–Crippen MR) is 110 cm³/mol. The van der Waals surface area contributed by atoms with Gasteiger partial charge in [0.2, 0.25) is 5.91 Å². The van der Waals surface area contributed by atoms with E-state index in [1.165, 1.54) is 25.8 Å². The lowest BCUT2D eigenvalue weighted by Crippen LogP contribution is -2.43. The number of piperidine rings is 1. The number of nitrogens with one attached hydrogen (secondary N) is 3. The number of rotatable bonds is 8. The van der Waals surface area contributed by atoms with Crippen LogP contribution < -0.4 is 16.0 Å². The van der Waals surface area contributed by atoms with Crippen molar-refractivity contribution in [2.24, 2.45) is 10.9 Å². The Balaban J connectivity index is 0.00000288. The summed E-state index contributed by atoms with van der Waals surface area (Å²) in [5.41, 5.74) is 0. The van der Waals surface area contributed by atoms with Crippen molar-refractivity contribution in [3.05, 3.63) is 0 Å². The fourth-order valence-corrected chi connectivity index (χ4v) is 2.98. The Morgan fingerprint density at radius 2 is 1.88 bits per heavy atom. The van der Waals surface area contributed by atoms with Crippen LogP contribution in [0.2, 0.25) is 0 Å². The molecule has 1 heterocycles. The van der Waals surface area contributed by atoms with Gasteiger partial charge in [-0.15, -0.1) is 24.0 Å². The Kier molecular flexibility index (Phi) is 10.6. The number of hydrogen-bond donors (Lipinski definition) is 3. The van der Waals surface area contributed by atoms with Crippen molar-refractivity contribution in [3.8, 4) is 0 Å². The molecule has 2 fully saturated rings. The second-order valence-corrected chi connectivity index (χ2v) is 6.63.